The Labute approximate surface area is 153 Å². The molecule has 2 aromatic rings. The summed E-state index contributed by atoms with van der Waals surface area (Å²) < 4.78 is 2.53. The molecule has 1 amide bonds. The monoisotopic (exact) mass is 410 g/mol. The van der Waals surface area contributed by atoms with Crippen molar-refractivity contribution in [1.29, 1.82) is 0 Å². The normalized spacial score (nSPS) is 15.5. The molecule has 1 aliphatic heterocycles. The first-order chi connectivity index (χ1) is 11.6. The van der Waals surface area contributed by atoms with Crippen LogP contribution >= 0.6 is 27.7 Å². The zero-order valence-electron chi connectivity index (χ0n) is 13.6. The molecule has 24 heavy (non-hydrogen) atoms. The Bertz CT molecular complexity index is 737. The van der Waals surface area contributed by atoms with Crippen molar-refractivity contribution in [2.45, 2.75) is 11.6 Å². The van der Waals surface area contributed by atoms with Crippen molar-refractivity contribution in [3.63, 3.8) is 0 Å². The van der Waals surface area contributed by atoms with Gasteiger partial charge in [0.15, 0.2) is 5.16 Å². The number of nitrogens with zero attached hydrogens (tertiary/aromatic N) is 6. The molecule has 1 fully saturated rings. The van der Waals surface area contributed by atoms with Gasteiger partial charge in [-0.15, -0.1) is 0 Å². The highest BCUT2D eigenvalue weighted by Crippen LogP contribution is 2.26. The lowest BCUT2D eigenvalue weighted by Gasteiger charge is -2.23. The largest absolute Gasteiger partial charge is 0.354 e. The van der Waals surface area contributed by atoms with Crippen LogP contribution in [0.1, 0.15) is 16.9 Å². The summed E-state index contributed by atoms with van der Waals surface area (Å²) >= 11 is 5.06. The number of hydrogen-bond donors (Lipinski definition) is 0. The summed E-state index contributed by atoms with van der Waals surface area (Å²) in [4.78, 5) is 25.5. The van der Waals surface area contributed by atoms with Crippen LogP contribution in [0.15, 0.2) is 28.1 Å². The van der Waals surface area contributed by atoms with Gasteiger partial charge in [0.05, 0.1) is 4.47 Å². The van der Waals surface area contributed by atoms with Crippen molar-refractivity contribution in [3.8, 4) is 0 Å². The minimum atomic E-state index is -0.0102. The van der Waals surface area contributed by atoms with Gasteiger partial charge in [0.1, 0.15) is 11.5 Å². The molecule has 3 heterocycles. The summed E-state index contributed by atoms with van der Waals surface area (Å²) in [6, 6.07) is 1.76. The fraction of sp³-hybridized carbons (Fsp3) is 0.467. The van der Waals surface area contributed by atoms with Crippen molar-refractivity contribution in [2.24, 2.45) is 7.05 Å². The molecule has 0 saturated carbocycles. The van der Waals surface area contributed by atoms with E-state index in [1.165, 1.54) is 11.8 Å². The van der Waals surface area contributed by atoms with Gasteiger partial charge in [-0.1, -0.05) is 11.8 Å². The SMILES string of the molecule is CSc1ncc(Br)c(N2CCCN(C(=O)c3ccn(C)n3)CC2)n1. The average molecular weight is 411 g/mol. The molecule has 128 valence electrons. The minimum absolute atomic E-state index is 0.0102. The van der Waals surface area contributed by atoms with Gasteiger partial charge in [0, 0.05) is 45.6 Å². The van der Waals surface area contributed by atoms with Crippen LogP contribution in [0.4, 0.5) is 5.82 Å². The summed E-state index contributed by atoms with van der Waals surface area (Å²) in [5, 5.41) is 4.96. The van der Waals surface area contributed by atoms with E-state index >= 15 is 0 Å². The van der Waals surface area contributed by atoms with E-state index in [4.69, 9.17) is 0 Å². The van der Waals surface area contributed by atoms with E-state index in [1.807, 2.05) is 18.2 Å². The lowest BCUT2D eigenvalue weighted by Crippen LogP contribution is -2.35. The topological polar surface area (TPSA) is 67.2 Å². The van der Waals surface area contributed by atoms with Gasteiger partial charge in [-0.05, 0) is 34.7 Å². The Morgan fingerprint density at radius 1 is 1.29 bits per heavy atom. The second-order valence-electron chi connectivity index (χ2n) is 5.54. The van der Waals surface area contributed by atoms with E-state index in [9.17, 15) is 4.79 Å². The highest BCUT2D eigenvalue weighted by Gasteiger charge is 2.23. The number of halogens is 1. The van der Waals surface area contributed by atoms with Crippen LogP contribution in [0.2, 0.25) is 0 Å². The van der Waals surface area contributed by atoms with Crippen molar-refractivity contribution < 1.29 is 4.79 Å². The van der Waals surface area contributed by atoms with Crippen LogP contribution in [0, 0.1) is 0 Å². The molecular formula is C15H19BrN6OS. The number of hydrogen-bond acceptors (Lipinski definition) is 6. The van der Waals surface area contributed by atoms with E-state index in [0.29, 0.717) is 12.2 Å². The van der Waals surface area contributed by atoms with Gasteiger partial charge in [0.2, 0.25) is 0 Å². The van der Waals surface area contributed by atoms with Crippen LogP contribution in [0.3, 0.4) is 0 Å². The first-order valence-electron chi connectivity index (χ1n) is 7.69. The van der Waals surface area contributed by atoms with Gasteiger partial charge >= 0.3 is 0 Å². The number of amides is 1. The molecule has 0 aromatic carbocycles. The van der Waals surface area contributed by atoms with Crippen molar-refractivity contribution in [2.75, 3.05) is 37.3 Å². The molecule has 0 N–H and O–H groups in total. The number of aromatic nitrogens is 4. The Morgan fingerprint density at radius 2 is 2.12 bits per heavy atom. The smallest absolute Gasteiger partial charge is 0.274 e. The van der Waals surface area contributed by atoms with Gasteiger partial charge in [-0.25, -0.2) is 9.97 Å². The fourth-order valence-corrected chi connectivity index (χ4v) is 3.46. The highest BCUT2D eigenvalue weighted by atomic mass is 79.9. The third kappa shape index (κ3) is 3.72. The molecule has 0 atom stereocenters. The first-order valence-corrected chi connectivity index (χ1v) is 9.70. The van der Waals surface area contributed by atoms with Crippen LogP contribution in [-0.4, -0.2) is 63.0 Å². The second kappa shape index (κ2) is 7.52. The molecular weight excluding hydrogens is 392 g/mol. The number of anilines is 1. The number of carbonyl (C=O) groups excluding carboxylic acids is 1. The van der Waals surface area contributed by atoms with Crippen molar-refractivity contribution in [3.05, 3.63) is 28.6 Å². The third-order valence-corrected chi connectivity index (χ3v) is 5.02. The van der Waals surface area contributed by atoms with E-state index in [2.05, 4.69) is 35.9 Å². The quantitative estimate of drug-likeness (QED) is 0.569. The van der Waals surface area contributed by atoms with Crippen LogP contribution < -0.4 is 4.90 Å². The number of carbonyl (C=O) groups is 1. The highest BCUT2D eigenvalue weighted by molar-refractivity contribution is 9.10. The summed E-state index contributed by atoms with van der Waals surface area (Å²) in [5.41, 5.74) is 0.499. The zero-order valence-corrected chi connectivity index (χ0v) is 16.0. The lowest BCUT2D eigenvalue weighted by atomic mass is 10.3. The summed E-state index contributed by atoms with van der Waals surface area (Å²) in [6.07, 6.45) is 6.43. The Balaban J connectivity index is 1.72. The van der Waals surface area contributed by atoms with E-state index in [1.54, 1.807) is 23.1 Å². The van der Waals surface area contributed by atoms with Gasteiger partial charge < -0.3 is 9.80 Å². The van der Waals surface area contributed by atoms with Gasteiger partial charge in [-0.3, -0.25) is 9.48 Å². The predicted octanol–water partition coefficient (Wildman–Crippen LogP) is 2.05. The van der Waals surface area contributed by atoms with E-state index < -0.39 is 0 Å². The Hall–Kier alpha value is -1.61. The number of aryl methyl sites for hydroxylation is 1. The van der Waals surface area contributed by atoms with Crippen LogP contribution in [0.25, 0.3) is 0 Å². The molecule has 0 spiro atoms. The predicted molar refractivity (Wildman–Crippen MR) is 97.5 cm³/mol. The molecule has 1 saturated heterocycles. The number of thioether (sulfide) groups is 1. The molecule has 7 nitrogen and oxygen atoms in total. The maximum absolute atomic E-state index is 12.6. The molecule has 1 aliphatic rings. The fourth-order valence-electron chi connectivity index (χ4n) is 2.69. The zero-order chi connectivity index (χ0) is 17.1. The van der Waals surface area contributed by atoms with Gasteiger partial charge in [0.25, 0.3) is 5.91 Å². The standard InChI is InChI=1S/C15H19BrN6OS/c1-20-7-4-12(19-20)14(23)22-6-3-5-21(8-9-22)13-11(16)10-17-15(18-13)24-2/h4,7,10H,3,5-6,8-9H2,1-2H3. The van der Waals surface area contributed by atoms with E-state index in [0.717, 1.165) is 41.5 Å². The van der Waals surface area contributed by atoms with E-state index in [-0.39, 0.29) is 5.91 Å². The second-order valence-corrected chi connectivity index (χ2v) is 7.16. The summed E-state index contributed by atoms with van der Waals surface area (Å²) in [7, 11) is 1.82. The number of rotatable bonds is 3. The average Bonchev–Trinajstić information content (AvgIpc) is 2.88. The van der Waals surface area contributed by atoms with Crippen molar-refractivity contribution in [1.82, 2.24) is 24.6 Å². The molecule has 0 bridgehead atoms. The molecule has 0 aliphatic carbocycles. The maximum atomic E-state index is 12.6. The van der Waals surface area contributed by atoms with Crippen LogP contribution in [0.5, 0.6) is 0 Å². The van der Waals surface area contributed by atoms with Crippen LogP contribution in [-0.2, 0) is 7.05 Å². The maximum Gasteiger partial charge on any atom is 0.274 e. The third-order valence-electron chi connectivity index (χ3n) is 3.90. The Morgan fingerprint density at radius 3 is 2.83 bits per heavy atom. The first kappa shape index (κ1) is 17.2. The molecule has 2 aromatic heterocycles. The lowest BCUT2D eigenvalue weighted by molar-refractivity contribution is 0.0760. The van der Waals surface area contributed by atoms with Gasteiger partial charge in [-0.2, -0.15) is 5.10 Å². The summed E-state index contributed by atoms with van der Waals surface area (Å²) in [6.45, 7) is 2.97. The molecule has 3 rings (SSSR count). The van der Waals surface area contributed by atoms with Crippen molar-refractivity contribution >= 4 is 39.4 Å². The minimum Gasteiger partial charge on any atom is -0.354 e. The molecule has 9 heteroatoms. The molecule has 0 unspecified atom stereocenters. The Kier molecular flexibility index (Phi) is 5.40. The molecule has 0 radical (unpaired) electrons. The summed E-state index contributed by atoms with van der Waals surface area (Å²) in [5.74, 6) is 0.880.